The Morgan fingerprint density at radius 2 is 1.89 bits per heavy atom. The zero-order valence-electron chi connectivity index (χ0n) is 22.2. The summed E-state index contributed by atoms with van der Waals surface area (Å²) >= 11 is 1.73. The highest BCUT2D eigenvalue weighted by molar-refractivity contribution is 7.10. The van der Waals surface area contributed by atoms with Gasteiger partial charge in [0.05, 0.1) is 12.1 Å². The number of carbonyl (C=O) groups excluding carboxylic acids is 2. The molecular weight excluding hydrogens is 496 g/mol. The minimum absolute atomic E-state index is 0.0205. The number of hydrogen-bond donors (Lipinski definition) is 0. The van der Waals surface area contributed by atoms with Gasteiger partial charge in [-0.3, -0.25) is 9.59 Å². The third-order valence-electron chi connectivity index (χ3n) is 7.45. The van der Waals surface area contributed by atoms with E-state index in [-0.39, 0.29) is 30.5 Å². The van der Waals surface area contributed by atoms with E-state index in [1.54, 1.807) is 28.4 Å². The van der Waals surface area contributed by atoms with Crippen LogP contribution >= 0.6 is 11.3 Å². The van der Waals surface area contributed by atoms with Crippen molar-refractivity contribution in [2.24, 2.45) is 0 Å². The molecule has 0 radical (unpaired) electrons. The molecule has 2 aromatic carbocycles. The number of amides is 2. The standard InChI is InChI=1S/C31H36N2O4S/c1-22(2)23-10-12-25(13-11-23)37-21-28-27-15-18-38-29(27)14-16-33(28)30(34)20-32(19-26-9-6-17-36-26)31(35)24-7-4-3-5-8-24/h3-5,7-8,10-13,15,18,22,26,28H,6,9,14,16-17,19-21H2,1-2H3/t26-,28-/m1/s1. The number of thiophene rings is 1. The van der Waals surface area contributed by atoms with Crippen LogP contribution in [0.3, 0.4) is 0 Å². The first-order valence-electron chi connectivity index (χ1n) is 13.5. The van der Waals surface area contributed by atoms with E-state index in [2.05, 4.69) is 37.4 Å². The lowest BCUT2D eigenvalue weighted by molar-refractivity contribution is -0.135. The van der Waals surface area contributed by atoms with Crippen LogP contribution in [0, 0.1) is 0 Å². The fourth-order valence-corrected chi connectivity index (χ4v) is 6.20. The summed E-state index contributed by atoms with van der Waals surface area (Å²) < 4.78 is 12.1. The van der Waals surface area contributed by atoms with Crippen LogP contribution in [0.1, 0.15) is 65.0 Å². The van der Waals surface area contributed by atoms with Crippen molar-refractivity contribution >= 4 is 23.2 Å². The minimum Gasteiger partial charge on any atom is -0.491 e. The Kier molecular flexibility index (Phi) is 8.45. The molecule has 1 aromatic heterocycles. The molecule has 7 heteroatoms. The lowest BCUT2D eigenvalue weighted by Gasteiger charge is -2.37. The van der Waals surface area contributed by atoms with Crippen molar-refractivity contribution in [1.29, 1.82) is 0 Å². The average Bonchev–Trinajstić information content (AvgIpc) is 3.64. The van der Waals surface area contributed by atoms with Gasteiger partial charge in [-0.25, -0.2) is 0 Å². The lowest BCUT2D eigenvalue weighted by atomic mass is 10.00. The number of ether oxygens (including phenoxy) is 2. The van der Waals surface area contributed by atoms with E-state index in [1.807, 2.05) is 35.2 Å². The van der Waals surface area contributed by atoms with Gasteiger partial charge in [0.2, 0.25) is 5.91 Å². The Bertz CT molecular complexity index is 1220. The predicted octanol–water partition coefficient (Wildman–Crippen LogP) is 5.70. The van der Waals surface area contributed by atoms with Crippen molar-refractivity contribution in [3.63, 3.8) is 0 Å². The SMILES string of the molecule is CC(C)c1ccc(OC[C@@H]2c3ccsc3CCN2C(=O)CN(C[C@H]2CCCO2)C(=O)c2ccccc2)cc1. The van der Waals surface area contributed by atoms with Gasteiger partial charge in [-0.2, -0.15) is 0 Å². The van der Waals surface area contributed by atoms with E-state index in [0.29, 0.717) is 37.8 Å². The molecule has 2 aliphatic heterocycles. The molecular formula is C31H36N2O4S. The molecule has 0 bridgehead atoms. The highest BCUT2D eigenvalue weighted by Gasteiger charge is 2.34. The molecule has 3 heterocycles. The Hall–Kier alpha value is -3.16. The summed E-state index contributed by atoms with van der Waals surface area (Å²) in [6, 6.07) is 19.3. The number of carbonyl (C=O) groups is 2. The summed E-state index contributed by atoms with van der Waals surface area (Å²) in [5.74, 6) is 1.05. The smallest absolute Gasteiger partial charge is 0.254 e. The first-order valence-corrected chi connectivity index (χ1v) is 14.4. The normalized spacial score (nSPS) is 18.9. The summed E-state index contributed by atoms with van der Waals surface area (Å²) in [6.07, 6.45) is 2.67. The molecule has 5 rings (SSSR count). The molecule has 0 spiro atoms. The quantitative estimate of drug-likeness (QED) is 0.355. The van der Waals surface area contributed by atoms with Gasteiger partial charge in [0.15, 0.2) is 0 Å². The van der Waals surface area contributed by atoms with E-state index < -0.39 is 0 Å². The average molecular weight is 533 g/mol. The Labute approximate surface area is 229 Å². The van der Waals surface area contributed by atoms with Crippen LogP contribution in [0.15, 0.2) is 66.0 Å². The highest BCUT2D eigenvalue weighted by atomic mass is 32.1. The fraction of sp³-hybridized carbons (Fsp3) is 0.419. The van der Waals surface area contributed by atoms with Crippen LogP contribution in [0.2, 0.25) is 0 Å². The largest absolute Gasteiger partial charge is 0.491 e. The second kappa shape index (κ2) is 12.1. The van der Waals surface area contributed by atoms with Crippen molar-refractivity contribution in [3.05, 3.63) is 87.6 Å². The molecule has 2 aliphatic rings. The molecule has 200 valence electrons. The van der Waals surface area contributed by atoms with E-state index >= 15 is 0 Å². The van der Waals surface area contributed by atoms with Crippen molar-refractivity contribution in [2.45, 2.75) is 51.2 Å². The molecule has 0 unspecified atom stereocenters. The van der Waals surface area contributed by atoms with Crippen LogP contribution in [-0.2, 0) is 16.0 Å². The number of nitrogens with zero attached hydrogens (tertiary/aromatic N) is 2. The molecule has 2 atom stereocenters. The van der Waals surface area contributed by atoms with Crippen molar-refractivity contribution in [2.75, 3.05) is 32.8 Å². The van der Waals surface area contributed by atoms with Crippen molar-refractivity contribution in [1.82, 2.24) is 9.80 Å². The van der Waals surface area contributed by atoms with Gasteiger partial charge in [-0.15, -0.1) is 11.3 Å². The molecule has 3 aromatic rings. The van der Waals surface area contributed by atoms with E-state index in [1.165, 1.54) is 10.4 Å². The monoisotopic (exact) mass is 532 g/mol. The maximum absolute atomic E-state index is 13.8. The molecule has 0 saturated carbocycles. The molecule has 2 amide bonds. The predicted molar refractivity (Wildman–Crippen MR) is 150 cm³/mol. The molecule has 6 nitrogen and oxygen atoms in total. The second-order valence-corrected chi connectivity index (χ2v) is 11.4. The molecule has 1 saturated heterocycles. The zero-order chi connectivity index (χ0) is 26.5. The summed E-state index contributed by atoms with van der Waals surface area (Å²) in [5.41, 5.74) is 3.00. The van der Waals surface area contributed by atoms with Crippen molar-refractivity contribution in [3.8, 4) is 5.75 Å². The van der Waals surface area contributed by atoms with Crippen LogP contribution in [-0.4, -0.2) is 60.6 Å². The number of fused-ring (bicyclic) bond motifs is 1. The summed E-state index contributed by atoms with van der Waals surface area (Å²) in [6.45, 7) is 6.47. The number of rotatable bonds is 9. The van der Waals surface area contributed by atoms with Crippen LogP contribution in [0.5, 0.6) is 5.75 Å². The van der Waals surface area contributed by atoms with E-state index in [4.69, 9.17) is 9.47 Å². The topological polar surface area (TPSA) is 59.1 Å². The minimum atomic E-state index is -0.196. The maximum atomic E-state index is 13.8. The summed E-state index contributed by atoms with van der Waals surface area (Å²) in [4.78, 5) is 32.1. The van der Waals surface area contributed by atoms with Crippen LogP contribution in [0.25, 0.3) is 0 Å². The Balaban J connectivity index is 1.33. The lowest BCUT2D eigenvalue weighted by Crippen LogP contribution is -2.49. The fourth-order valence-electron chi connectivity index (χ4n) is 5.27. The van der Waals surface area contributed by atoms with Gasteiger partial charge in [0, 0.05) is 30.1 Å². The Morgan fingerprint density at radius 3 is 2.61 bits per heavy atom. The van der Waals surface area contributed by atoms with Gasteiger partial charge in [-0.05, 0) is 72.0 Å². The number of benzene rings is 2. The van der Waals surface area contributed by atoms with Gasteiger partial charge in [0.25, 0.3) is 5.91 Å². The van der Waals surface area contributed by atoms with E-state index in [0.717, 1.165) is 30.6 Å². The third kappa shape index (κ3) is 6.11. The van der Waals surface area contributed by atoms with Gasteiger partial charge in [0.1, 0.15) is 18.9 Å². The summed E-state index contributed by atoms with van der Waals surface area (Å²) in [5, 5.41) is 2.09. The zero-order valence-corrected chi connectivity index (χ0v) is 23.0. The van der Waals surface area contributed by atoms with Gasteiger partial charge >= 0.3 is 0 Å². The molecule has 0 N–H and O–H groups in total. The Morgan fingerprint density at radius 1 is 1.11 bits per heavy atom. The third-order valence-corrected chi connectivity index (χ3v) is 8.45. The van der Waals surface area contributed by atoms with Gasteiger partial charge in [-0.1, -0.05) is 44.2 Å². The van der Waals surface area contributed by atoms with Crippen LogP contribution in [0.4, 0.5) is 0 Å². The molecule has 0 aliphatic carbocycles. The molecule has 38 heavy (non-hydrogen) atoms. The number of hydrogen-bond acceptors (Lipinski definition) is 5. The molecule has 1 fully saturated rings. The van der Waals surface area contributed by atoms with Gasteiger partial charge < -0.3 is 19.3 Å². The highest BCUT2D eigenvalue weighted by Crippen LogP contribution is 2.34. The maximum Gasteiger partial charge on any atom is 0.254 e. The van der Waals surface area contributed by atoms with Crippen LogP contribution < -0.4 is 4.74 Å². The first-order chi connectivity index (χ1) is 18.5. The second-order valence-electron chi connectivity index (χ2n) is 10.4. The summed E-state index contributed by atoms with van der Waals surface area (Å²) in [7, 11) is 0. The first kappa shape index (κ1) is 26.4. The van der Waals surface area contributed by atoms with Crippen molar-refractivity contribution < 1.29 is 19.1 Å². The van der Waals surface area contributed by atoms with E-state index in [9.17, 15) is 9.59 Å².